The molecule has 2 aromatic rings. The number of benzene rings is 1. The lowest BCUT2D eigenvalue weighted by atomic mass is 9.95. The average molecular weight is 539 g/mol. The van der Waals surface area contributed by atoms with Crippen molar-refractivity contribution in [3.8, 4) is 0 Å². The van der Waals surface area contributed by atoms with E-state index in [1.807, 2.05) is 11.8 Å². The maximum atomic E-state index is 15.0. The van der Waals surface area contributed by atoms with Crippen LogP contribution in [0.5, 0.6) is 0 Å². The van der Waals surface area contributed by atoms with Crippen molar-refractivity contribution in [2.45, 2.75) is 33.7 Å². The quantitative estimate of drug-likeness (QED) is 0.503. The summed E-state index contributed by atoms with van der Waals surface area (Å²) in [5.41, 5.74) is 0.287. The normalized spacial score (nSPS) is 15.2. The van der Waals surface area contributed by atoms with E-state index in [4.69, 9.17) is 16.3 Å². The highest BCUT2D eigenvalue weighted by Gasteiger charge is 2.30. The summed E-state index contributed by atoms with van der Waals surface area (Å²) in [6, 6.07) is 6.78. The Hall–Kier alpha value is -2.53. The summed E-state index contributed by atoms with van der Waals surface area (Å²) in [5, 5.41) is 5.48. The first kappa shape index (κ1) is 28.0. The summed E-state index contributed by atoms with van der Waals surface area (Å²) in [7, 11) is 0. The van der Waals surface area contributed by atoms with Gasteiger partial charge in [0.1, 0.15) is 18.5 Å². The Kier molecular flexibility index (Phi) is 9.46. The van der Waals surface area contributed by atoms with E-state index >= 15 is 0 Å². The van der Waals surface area contributed by atoms with Crippen molar-refractivity contribution >= 4 is 52.0 Å². The lowest BCUT2D eigenvalue weighted by Crippen LogP contribution is -2.52. The molecule has 1 aliphatic rings. The molecule has 0 spiro atoms. The van der Waals surface area contributed by atoms with Crippen molar-refractivity contribution in [2.24, 2.45) is 5.41 Å². The van der Waals surface area contributed by atoms with Gasteiger partial charge in [-0.3, -0.25) is 19.3 Å². The molecular weight excluding hydrogens is 507 g/mol. The summed E-state index contributed by atoms with van der Waals surface area (Å²) in [5.74, 6) is -1.68. The zero-order valence-corrected chi connectivity index (χ0v) is 22.5. The van der Waals surface area contributed by atoms with Gasteiger partial charge in [0.05, 0.1) is 21.5 Å². The van der Waals surface area contributed by atoms with Crippen LogP contribution >= 0.6 is 22.9 Å². The molecule has 8 nitrogen and oxygen atoms in total. The van der Waals surface area contributed by atoms with Crippen LogP contribution in [-0.4, -0.2) is 68.1 Å². The van der Waals surface area contributed by atoms with E-state index in [0.29, 0.717) is 41.1 Å². The minimum absolute atomic E-state index is 0.00219. The Morgan fingerprint density at radius 2 is 2.03 bits per heavy atom. The van der Waals surface area contributed by atoms with Crippen molar-refractivity contribution < 1.29 is 23.5 Å². The minimum Gasteiger partial charge on any atom is -0.370 e. The Morgan fingerprint density at radius 3 is 2.61 bits per heavy atom. The van der Waals surface area contributed by atoms with Crippen LogP contribution in [0.2, 0.25) is 4.34 Å². The molecule has 1 atom stereocenters. The van der Waals surface area contributed by atoms with Gasteiger partial charge in [-0.2, -0.15) is 0 Å². The van der Waals surface area contributed by atoms with Crippen LogP contribution in [0.25, 0.3) is 0 Å². The number of morpholine rings is 1. The number of carbonyl (C=O) groups excluding carboxylic acids is 3. The van der Waals surface area contributed by atoms with Gasteiger partial charge in [-0.1, -0.05) is 39.3 Å². The fraction of sp³-hybridized carbons (Fsp3) is 0.480. The standard InChI is InChI=1S/C25H32ClFN4O4S/c1-5-30(15-25(2,3)4)19(13-28-24(34)20-8-9-21(26)36-20)23(33)29-18-7-6-16(12-17(18)27)31-10-11-35-14-22(31)32/h6-9,12,19H,5,10-11,13-15H2,1-4H3,(H,28,34)(H,29,33)/t19-/m0/s1. The van der Waals surface area contributed by atoms with E-state index in [2.05, 4.69) is 31.4 Å². The third kappa shape index (κ3) is 7.49. The fourth-order valence-electron chi connectivity index (χ4n) is 3.93. The largest absolute Gasteiger partial charge is 0.370 e. The summed E-state index contributed by atoms with van der Waals surface area (Å²) >= 11 is 7.09. The zero-order chi connectivity index (χ0) is 26.5. The first-order valence-electron chi connectivity index (χ1n) is 11.7. The number of ether oxygens (including phenoxy) is 1. The second kappa shape index (κ2) is 12.1. The van der Waals surface area contributed by atoms with Crippen molar-refractivity contribution in [1.29, 1.82) is 0 Å². The lowest BCUT2D eigenvalue weighted by Gasteiger charge is -2.35. The summed E-state index contributed by atoms with van der Waals surface area (Å²) < 4.78 is 20.6. The van der Waals surface area contributed by atoms with Crippen molar-refractivity contribution in [2.75, 3.05) is 49.6 Å². The highest BCUT2D eigenvalue weighted by atomic mass is 35.5. The van der Waals surface area contributed by atoms with Gasteiger partial charge in [-0.15, -0.1) is 11.3 Å². The number of carbonyl (C=O) groups is 3. The molecule has 0 radical (unpaired) electrons. The topological polar surface area (TPSA) is 91.0 Å². The van der Waals surface area contributed by atoms with Crippen LogP contribution in [-0.2, 0) is 14.3 Å². The van der Waals surface area contributed by atoms with Gasteiger partial charge in [0.25, 0.3) is 11.8 Å². The Morgan fingerprint density at radius 1 is 1.28 bits per heavy atom. The predicted octanol–water partition coefficient (Wildman–Crippen LogP) is 4.01. The number of rotatable bonds is 9. The summed E-state index contributed by atoms with van der Waals surface area (Å²) in [6.45, 7) is 9.93. The molecule has 1 saturated heterocycles. The van der Waals surface area contributed by atoms with Crippen molar-refractivity contribution in [3.63, 3.8) is 0 Å². The summed E-state index contributed by atoms with van der Waals surface area (Å²) in [4.78, 5) is 41.9. The average Bonchev–Trinajstić information content (AvgIpc) is 3.25. The molecule has 2 N–H and O–H groups in total. The van der Waals surface area contributed by atoms with Crippen LogP contribution in [0.4, 0.5) is 15.8 Å². The number of thiophene rings is 1. The van der Waals surface area contributed by atoms with Crippen molar-refractivity contribution in [3.05, 3.63) is 45.4 Å². The molecule has 1 aromatic heterocycles. The van der Waals surface area contributed by atoms with Gasteiger partial charge in [-0.05, 0) is 42.3 Å². The molecule has 0 bridgehead atoms. The van der Waals surface area contributed by atoms with Crippen LogP contribution in [0.15, 0.2) is 30.3 Å². The summed E-state index contributed by atoms with van der Waals surface area (Å²) in [6.07, 6.45) is 0. The maximum absolute atomic E-state index is 15.0. The number of anilines is 2. The smallest absolute Gasteiger partial charge is 0.261 e. The van der Waals surface area contributed by atoms with E-state index in [-0.39, 0.29) is 36.1 Å². The van der Waals surface area contributed by atoms with Gasteiger partial charge in [0.2, 0.25) is 5.91 Å². The number of likely N-dealkylation sites (N-methyl/N-ethyl adjacent to an activating group) is 1. The number of hydrogen-bond acceptors (Lipinski definition) is 6. The molecule has 1 aromatic carbocycles. The molecular formula is C25H32ClFN4O4S. The molecule has 1 fully saturated rings. The molecule has 2 heterocycles. The maximum Gasteiger partial charge on any atom is 0.261 e. The third-order valence-corrected chi connectivity index (χ3v) is 6.82. The van der Waals surface area contributed by atoms with Gasteiger partial charge in [0, 0.05) is 25.3 Å². The predicted molar refractivity (Wildman–Crippen MR) is 140 cm³/mol. The molecule has 3 rings (SSSR count). The van der Waals surface area contributed by atoms with Crippen molar-refractivity contribution in [1.82, 2.24) is 10.2 Å². The number of hydrogen-bond donors (Lipinski definition) is 2. The van der Waals surface area contributed by atoms with Gasteiger partial charge in [-0.25, -0.2) is 4.39 Å². The highest BCUT2D eigenvalue weighted by molar-refractivity contribution is 7.18. The van der Waals surface area contributed by atoms with Crippen LogP contribution in [0, 0.1) is 11.2 Å². The molecule has 0 unspecified atom stereocenters. The molecule has 196 valence electrons. The SMILES string of the molecule is CCN(CC(C)(C)C)[C@@H](CNC(=O)c1ccc(Cl)s1)C(=O)Nc1ccc(N2CCOCC2=O)cc1F. The molecule has 36 heavy (non-hydrogen) atoms. The highest BCUT2D eigenvalue weighted by Crippen LogP contribution is 2.25. The molecule has 3 amide bonds. The monoisotopic (exact) mass is 538 g/mol. The Labute approximate surface area is 219 Å². The fourth-order valence-corrected chi connectivity index (χ4v) is 4.89. The van der Waals surface area contributed by atoms with E-state index in [9.17, 15) is 18.8 Å². The molecule has 1 aliphatic heterocycles. The number of nitrogens with zero attached hydrogens (tertiary/aromatic N) is 2. The second-order valence-corrected chi connectivity index (χ2v) is 11.4. The number of nitrogens with one attached hydrogen (secondary N) is 2. The Bertz CT molecular complexity index is 1100. The first-order valence-corrected chi connectivity index (χ1v) is 12.9. The Balaban J connectivity index is 1.77. The van der Waals surface area contributed by atoms with E-state index < -0.39 is 17.8 Å². The van der Waals surface area contributed by atoms with Crippen LogP contribution in [0.1, 0.15) is 37.4 Å². The zero-order valence-electron chi connectivity index (χ0n) is 20.9. The second-order valence-electron chi connectivity index (χ2n) is 9.70. The van der Waals surface area contributed by atoms with Gasteiger partial charge >= 0.3 is 0 Å². The van der Waals surface area contributed by atoms with E-state index in [1.54, 1.807) is 18.2 Å². The third-order valence-electron chi connectivity index (χ3n) is 5.59. The molecule has 0 saturated carbocycles. The molecule has 0 aliphatic carbocycles. The van der Waals surface area contributed by atoms with E-state index in [1.165, 1.54) is 17.0 Å². The lowest BCUT2D eigenvalue weighted by molar-refractivity contribution is -0.125. The van der Waals surface area contributed by atoms with E-state index in [0.717, 1.165) is 11.3 Å². The number of halogens is 2. The van der Waals surface area contributed by atoms with Gasteiger partial charge in [0.15, 0.2) is 0 Å². The van der Waals surface area contributed by atoms with Gasteiger partial charge < -0.3 is 20.3 Å². The number of amides is 3. The molecule has 11 heteroatoms. The van der Waals surface area contributed by atoms with Crippen LogP contribution in [0.3, 0.4) is 0 Å². The van der Waals surface area contributed by atoms with Crippen LogP contribution < -0.4 is 15.5 Å². The minimum atomic E-state index is -0.742. The first-order chi connectivity index (χ1) is 17.0.